The SMILES string of the molecule is COc1ccc(Br)cc1COc1ccccc1[C@H](C)O. The zero-order valence-corrected chi connectivity index (χ0v) is 13.1. The Morgan fingerprint density at radius 1 is 1.15 bits per heavy atom. The Labute approximate surface area is 127 Å². The molecule has 0 aromatic heterocycles. The second-order valence-corrected chi connectivity index (χ2v) is 5.37. The number of aliphatic hydroxyl groups excluding tert-OH is 1. The molecule has 0 amide bonds. The van der Waals surface area contributed by atoms with Gasteiger partial charge in [-0.05, 0) is 31.2 Å². The van der Waals surface area contributed by atoms with Crippen LogP contribution in [0.25, 0.3) is 0 Å². The highest BCUT2D eigenvalue weighted by molar-refractivity contribution is 9.10. The van der Waals surface area contributed by atoms with E-state index in [0.29, 0.717) is 12.4 Å². The predicted octanol–water partition coefficient (Wildman–Crippen LogP) is 4.09. The van der Waals surface area contributed by atoms with Crippen molar-refractivity contribution in [3.05, 3.63) is 58.1 Å². The molecule has 3 nitrogen and oxygen atoms in total. The van der Waals surface area contributed by atoms with Crippen LogP contribution in [-0.2, 0) is 6.61 Å². The zero-order chi connectivity index (χ0) is 14.5. The molecule has 0 aliphatic carbocycles. The van der Waals surface area contributed by atoms with Crippen LogP contribution in [0.4, 0.5) is 0 Å². The average molecular weight is 337 g/mol. The van der Waals surface area contributed by atoms with Crippen LogP contribution in [-0.4, -0.2) is 12.2 Å². The normalized spacial score (nSPS) is 12.0. The lowest BCUT2D eigenvalue weighted by Crippen LogP contribution is -2.02. The molecule has 0 heterocycles. The van der Waals surface area contributed by atoms with E-state index in [4.69, 9.17) is 9.47 Å². The van der Waals surface area contributed by atoms with Crippen molar-refractivity contribution < 1.29 is 14.6 Å². The van der Waals surface area contributed by atoms with Gasteiger partial charge in [-0.2, -0.15) is 0 Å². The number of benzene rings is 2. The molecule has 0 saturated carbocycles. The van der Waals surface area contributed by atoms with Gasteiger partial charge in [-0.15, -0.1) is 0 Å². The fraction of sp³-hybridized carbons (Fsp3) is 0.250. The van der Waals surface area contributed by atoms with Crippen molar-refractivity contribution in [1.82, 2.24) is 0 Å². The third-order valence-corrected chi connectivity index (χ3v) is 3.49. The van der Waals surface area contributed by atoms with Gasteiger partial charge in [0, 0.05) is 15.6 Å². The van der Waals surface area contributed by atoms with E-state index in [2.05, 4.69) is 15.9 Å². The number of para-hydroxylation sites is 1. The molecule has 2 aromatic rings. The highest BCUT2D eigenvalue weighted by atomic mass is 79.9. The van der Waals surface area contributed by atoms with Crippen LogP contribution in [0, 0.1) is 0 Å². The lowest BCUT2D eigenvalue weighted by Gasteiger charge is -2.15. The van der Waals surface area contributed by atoms with Gasteiger partial charge >= 0.3 is 0 Å². The number of methoxy groups -OCH3 is 1. The van der Waals surface area contributed by atoms with Crippen molar-refractivity contribution in [3.63, 3.8) is 0 Å². The lowest BCUT2D eigenvalue weighted by molar-refractivity contribution is 0.190. The molecule has 2 aromatic carbocycles. The standard InChI is InChI=1S/C16H17BrO3/c1-11(18)14-5-3-4-6-16(14)20-10-12-9-13(17)7-8-15(12)19-2/h3-9,11,18H,10H2,1-2H3/t11-/m0/s1. The van der Waals surface area contributed by atoms with E-state index in [1.807, 2.05) is 42.5 Å². The highest BCUT2D eigenvalue weighted by Gasteiger charge is 2.10. The van der Waals surface area contributed by atoms with Gasteiger partial charge in [0.25, 0.3) is 0 Å². The van der Waals surface area contributed by atoms with Crippen molar-refractivity contribution in [3.8, 4) is 11.5 Å². The fourth-order valence-corrected chi connectivity index (χ4v) is 2.38. The Bertz CT molecular complexity index is 582. The van der Waals surface area contributed by atoms with Crippen LogP contribution >= 0.6 is 15.9 Å². The first-order chi connectivity index (χ1) is 9.61. The van der Waals surface area contributed by atoms with Crippen LogP contribution < -0.4 is 9.47 Å². The van der Waals surface area contributed by atoms with Crippen LogP contribution in [0.5, 0.6) is 11.5 Å². The molecule has 0 saturated heterocycles. The molecule has 0 spiro atoms. The Balaban J connectivity index is 2.19. The van der Waals surface area contributed by atoms with Crippen molar-refractivity contribution >= 4 is 15.9 Å². The second-order valence-electron chi connectivity index (χ2n) is 4.46. The number of aliphatic hydroxyl groups is 1. The first kappa shape index (κ1) is 14.9. The first-order valence-corrected chi connectivity index (χ1v) is 7.13. The molecule has 0 unspecified atom stereocenters. The minimum atomic E-state index is -0.560. The molecular formula is C16H17BrO3. The summed E-state index contributed by atoms with van der Waals surface area (Å²) in [5, 5.41) is 9.73. The number of rotatable bonds is 5. The maximum absolute atomic E-state index is 9.73. The van der Waals surface area contributed by atoms with Crippen LogP contribution in [0.2, 0.25) is 0 Å². The maximum atomic E-state index is 9.73. The molecule has 0 bridgehead atoms. The van der Waals surface area contributed by atoms with E-state index in [1.165, 1.54) is 0 Å². The van der Waals surface area contributed by atoms with Gasteiger partial charge in [0.2, 0.25) is 0 Å². The molecule has 0 radical (unpaired) electrons. The topological polar surface area (TPSA) is 38.7 Å². The fourth-order valence-electron chi connectivity index (χ4n) is 1.97. The van der Waals surface area contributed by atoms with Gasteiger partial charge in [-0.1, -0.05) is 34.1 Å². The summed E-state index contributed by atoms with van der Waals surface area (Å²) in [5.41, 5.74) is 1.73. The number of ether oxygens (including phenoxy) is 2. The van der Waals surface area contributed by atoms with Crippen molar-refractivity contribution in [2.45, 2.75) is 19.6 Å². The number of hydrogen-bond donors (Lipinski definition) is 1. The molecule has 106 valence electrons. The molecule has 2 rings (SSSR count). The molecule has 0 aliphatic heterocycles. The second kappa shape index (κ2) is 6.77. The molecule has 0 fully saturated rings. The Morgan fingerprint density at radius 3 is 2.60 bits per heavy atom. The van der Waals surface area contributed by atoms with Gasteiger partial charge in [-0.25, -0.2) is 0 Å². The number of hydrogen-bond acceptors (Lipinski definition) is 3. The van der Waals surface area contributed by atoms with E-state index in [0.717, 1.165) is 21.3 Å². The van der Waals surface area contributed by atoms with Crippen LogP contribution in [0.1, 0.15) is 24.2 Å². The Morgan fingerprint density at radius 2 is 1.90 bits per heavy atom. The highest BCUT2D eigenvalue weighted by Crippen LogP contribution is 2.28. The summed E-state index contributed by atoms with van der Waals surface area (Å²) in [6, 6.07) is 13.3. The average Bonchev–Trinajstić information content (AvgIpc) is 2.45. The van der Waals surface area contributed by atoms with Gasteiger partial charge < -0.3 is 14.6 Å². The van der Waals surface area contributed by atoms with Gasteiger partial charge in [0.1, 0.15) is 18.1 Å². The summed E-state index contributed by atoms with van der Waals surface area (Å²) in [4.78, 5) is 0. The van der Waals surface area contributed by atoms with E-state index in [1.54, 1.807) is 14.0 Å². The van der Waals surface area contributed by atoms with Crippen molar-refractivity contribution in [1.29, 1.82) is 0 Å². The molecule has 20 heavy (non-hydrogen) atoms. The first-order valence-electron chi connectivity index (χ1n) is 6.34. The van der Waals surface area contributed by atoms with Gasteiger partial charge in [0.15, 0.2) is 0 Å². The summed E-state index contributed by atoms with van der Waals surface area (Å²) in [6.07, 6.45) is -0.560. The van der Waals surface area contributed by atoms with E-state index < -0.39 is 6.10 Å². The molecule has 1 atom stereocenters. The minimum Gasteiger partial charge on any atom is -0.496 e. The maximum Gasteiger partial charge on any atom is 0.125 e. The molecule has 1 N–H and O–H groups in total. The minimum absolute atomic E-state index is 0.381. The van der Waals surface area contributed by atoms with Crippen LogP contribution in [0.15, 0.2) is 46.9 Å². The monoisotopic (exact) mass is 336 g/mol. The van der Waals surface area contributed by atoms with Crippen molar-refractivity contribution in [2.24, 2.45) is 0 Å². The molecule has 0 aliphatic rings. The summed E-state index contributed by atoms with van der Waals surface area (Å²) in [5.74, 6) is 1.47. The largest absolute Gasteiger partial charge is 0.496 e. The number of halogens is 1. The third-order valence-electron chi connectivity index (χ3n) is 2.99. The quantitative estimate of drug-likeness (QED) is 0.893. The van der Waals surface area contributed by atoms with Crippen LogP contribution in [0.3, 0.4) is 0 Å². The van der Waals surface area contributed by atoms with Gasteiger partial charge in [-0.3, -0.25) is 0 Å². The summed E-state index contributed by atoms with van der Waals surface area (Å²) in [6.45, 7) is 2.11. The third kappa shape index (κ3) is 3.52. The zero-order valence-electron chi connectivity index (χ0n) is 11.5. The van der Waals surface area contributed by atoms with E-state index in [-0.39, 0.29) is 0 Å². The Kier molecular flexibility index (Phi) is 5.04. The molecular weight excluding hydrogens is 320 g/mol. The van der Waals surface area contributed by atoms with E-state index >= 15 is 0 Å². The van der Waals surface area contributed by atoms with Crippen molar-refractivity contribution in [2.75, 3.05) is 7.11 Å². The predicted molar refractivity (Wildman–Crippen MR) is 82.1 cm³/mol. The van der Waals surface area contributed by atoms with E-state index in [9.17, 15) is 5.11 Å². The summed E-state index contributed by atoms with van der Waals surface area (Å²) in [7, 11) is 1.64. The molecule has 4 heteroatoms. The summed E-state index contributed by atoms with van der Waals surface area (Å²) >= 11 is 3.44. The summed E-state index contributed by atoms with van der Waals surface area (Å²) < 4.78 is 12.1. The Hall–Kier alpha value is -1.52. The lowest BCUT2D eigenvalue weighted by atomic mass is 10.1. The smallest absolute Gasteiger partial charge is 0.125 e. The van der Waals surface area contributed by atoms with Gasteiger partial charge in [0.05, 0.1) is 13.2 Å².